The second-order valence-corrected chi connectivity index (χ2v) is 5.47. The van der Waals surface area contributed by atoms with Gasteiger partial charge in [0.05, 0.1) is 11.0 Å². The van der Waals surface area contributed by atoms with Gasteiger partial charge in [-0.15, -0.1) is 5.10 Å². The number of hydrogen-bond donors (Lipinski definition) is 2. The second-order valence-electron chi connectivity index (χ2n) is 5.10. The lowest BCUT2D eigenvalue weighted by atomic mass is 10.1. The largest absolute Gasteiger partial charge is 0.409 e. The van der Waals surface area contributed by atoms with Crippen LogP contribution in [0.3, 0.4) is 0 Å². The minimum Gasteiger partial charge on any atom is -0.409 e. The van der Waals surface area contributed by atoms with Crippen molar-refractivity contribution in [1.29, 1.82) is 0 Å². The molecule has 4 rings (SSSR count). The molecule has 2 aromatic carbocycles. The average Bonchev–Trinajstić information content (AvgIpc) is 3.13. The summed E-state index contributed by atoms with van der Waals surface area (Å²) < 4.78 is 5.30. The molecule has 0 bridgehead atoms. The monoisotopic (exact) mass is 308 g/mol. The summed E-state index contributed by atoms with van der Waals surface area (Å²) in [4.78, 5) is 8.23. The Morgan fingerprint density at radius 1 is 1.05 bits per heavy atom. The fourth-order valence-corrected chi connectivity index (χ4v) is 2.51. The van der Waals surface area contributed by atoms with Crippen LogP contribution in [-0.4, -0.2) is 20.2 Å². The predicted molar refractivity (Wildman–Crippen MR) is 86.9 cm³/mol. The first-order valence-electron chi connectivity index (χ1n) is 6.82. The van der Waals surface area contributed by atoms with Crippen LogP contribution in [0.25, 0.3) is 33.9 Å². The van der Waals surface area contributed by atoms with Gasteiger partial charge in [-0.3, -0.25) is 0 Å². The number of aromatic nitrogens is 4. The molecule has 22 heavy (non-hydrogen) atoms. The fraction of sp³-hybridized carbons (Fsp3) is 0.0625. The van der Waals surface area contributed by atoms with E-state index in [-0.39, 0.29) is 4.84 Å². The Bertz CT molecular complexity index is 1010. The smallest absolute Gasteiger partial charge is 0.284 e. The van der Waals surface area contributed by atoms with Gasteiger partial charge in [0.25, 0.3) is 4.84 Å². The van der Waals surface area contributed by atoms with Gasteiger partial charge in [-0.2, -0.15) is 0 Å². The zero-order valence-corrected chi connectivity index (χ0v) is 12.6. The summed E-state index contributed by atoms with van der Waals surface area (Å²) in [5.41, 5.74) is 5.08. The molecule has 0 fully saturated rings. The van der Waals surface area contributed by atoms with Crippen LogP contribution in [0, 0.1) is 11.8 Å². The van der Waals surface area contributed by atoms with Crippen molar-refractivity contribution >= 4 is 23.3 Å². The van der Waals surface area contributed by atoms with Gasteiger partial charge in [-0.1, -0.05) is 18.2 Å². The van der Waals surface area contributed by atoms with E-state index in [0.29, 0.717) is 5.89 Å². The van der Waals surface area contributed by atoms with Gasteiger partial charge in [-0.05, 0) is 49.0 Å². The van der Waals surface area contributed by atoms with E-state index in [4.69, 9.17) is 16.6 Å². The summed E-state index contributed by atoms with van der Waals surface area (Å²) in [6.07, 6.45) is 0. The van der Waals surface area contributed by atoms with E-state index in [1.807, 2.05) is 30.3 Å². The van der Waals surface area contributed by atoms with Crippen LogP contribution < -0.4 is 0 Å². The minimum atomic E-state index is 0.270. The van der Waals surface area contributed by atoms with E-state index in [9.17, 15) is 0 Å². The lowest BCUT2D eigenvalue weighted by molar-refractivity contribution is 0.552. The Kier molecular flexibility index (Phi) is 2.90. The molecule has 0 atom stereocenters. The van der Waals surface area contributed by atoms with Crippen LogP contribution in [0.15, 0.2) is 46.9 Å². The Labute approximate surface area is 131 Å². The molecule has 2 aromatic heterocycles. The van der Waals surface area contributed by atoms with E-state index in [1.165, 1.54) is 5.56 Å². The van der Waals surface area contributed by atoms with Gasteiger partial charge >= 0.3 is 0 Å². The standard InChI is InChI=1S/C16H12N4OS/c1-9-2-7-12-13(8-9)18-14(17-12)10-3-5-11(6-4-10)15-19-20-16(22)21-15/h2-8H,1H3,(H,17,18)(H,20,22). The van der Waals surface area contributed by atoms with Gasteiger partial charge in [-0.25, -0.2) is 10.1 Å². The van der Waals surface area contributed by atoms with Crippen LogP contribution in [0.2, 0.25) is 0 Å². The lowest BCUT2D eigenvalue weighted by Crippen LogP contribution is -1.82. The number of nitrogens with one attached hydrogen (secondary N) is 2. The van der Waals surface area contributed by atoms with Crippen molar-refractivity contribution in [2.24, 2.45) is 0 Å². The highest BCUT2D eigenvalue weighted by molar-refractivity contribution is 7.71. The van der Waals surface area contributed by atoms with Gasteiger partial charge in [0.2, 0.25) is 5.89 Å². The molecule has 2 heterocycles. The maximum atomic E-state index is 5.30. The van der Waals surface area contributed by atoms with Crippen LogP contribution in [-0.2, 0) is 0 Å². The van der Waals surface area contributed by atoms with Crippen LogP contribution >= 0.6 is 12.2 Å². The lowest BCUT2D eigenvalue weighted by Gasteiger charge is -1.98. The molecule has 0 saturated heterocycles. The van der Waals surface area contributed by atoms with E-state index in [1.54, 1.807) is 0 Å². The van der Waals surface area contributed by atoms with Crippen molar-refractivity contribution in [3.63, 3.8) is 0 Å². The van der Waals surface area contributed by atoms with Gasteiger partial charge in [0.1, 0.15) is 5.82 Å². The third-order valence-electron chi connectivity index (χ3n) is 3.48. The number of fused-ring (bicyclic) bond motifs is 1. The van der Waals surface area contributed by atoms with E-state index >= 15 is 0 Å². The molecule has 0 spiro atoms. The molecule has 108 valence electrons. The predicted octanol–water partition coefficient (Wildman–Crippen LogP) is 4.25. The molecule has 0 aliphatic rings. The van der Waals surface area contributed by atoms with Crippen molar-refractivity contribution in [2.75, 3.05) is 0 Å². The Hall–Kier alpha value is -2.73. The normalized spacial score (nSPS) is 11.1. The summed E-state index contributed by atoms with van der Waals surface area (Å²) in [5.74, 6) is 1.33. The Morgan fingerprint density at radius 3 is 2.55 bits per heavy atom. The molecule has 0 aliphatic carbocycles. The van der Waals surface area contributed by atoms with Crippen molar-refractivity contribution < 1.29 is 4.42 Å². The number of rotatable bonds is 2. The van der Waals surface area contributed by atoms with Crippen molar-refractivity contribution in [1.82, 2.24) is 20.2 Å². The number of benzene rings is 2. The zero-order chi connectivity index (χ0) is 15.1. The number of aromatic amines is 2. The molecule has 0 amide bonds. The Morgan fingerprint density at radius 2 is 1.82 bits per heavy atom. The van der Waals surface area contributed by atoms with Gasteiger partial charge in [0, 0.05) is 11.1 Å². The molecular weight excluding hydrogens is 296 g/mol. The summed E-state index contributed by atoms with van der Waals surface area (Å²) in [6, 6.07) is 14.0. The summed E-state index contributed by atoms with van der Waals surface area (Å²) in [5, 5.41) is 6.63. The molecule has 6 heteroatoms. The third-order valence-corrected chi connectivity index (χ3v) is 3.66. The summed E-state index contributed by atoms with van der Waals surface area (Å²) >= 11 is 4.88. The molecule has 2 N–H and O–H groups in total. The van der Waals surface area contributed by atoms with Crippen molar-refractivity contribution in [2.45, 2.75) is 6.92 Å². The van der Waals surface area contributed by atoms with Crippen LogP contribution in [0.4, 0.5) is 0 Å². The second kappa shape index (κ2) is 4.92. The fourth-order valence-electron chi connectivity index (χ4n) is 2.38. The summed E-state index contributed by atoms with van der Waals surface area (Å²) in [6.45, 7) is 2.07. The van der Waals surface area contributed by atoms with E-state index < -0.39 is 0 Å². The molecule has 0 unspecified atom stereocenters. The summed E-state index contributed by atoms with van der Waals surface area (Å²) in [7, 11) is 0. The first-order chi connectivity index (χ1) is 10.7. The number of H-pyrrole nitrogens is 2. The zero-order valence-electron chi connectivity index (χ0n) is 11.8. The number of imidazole rings is 1. The maximum Gasteiger partial charge on any atom is 0.284 e. The number of hydrogen-bond acceptors (Lipinski definition) is 4. The number of nitrogens with zero attached hydrogens (tertiary/aromatic N) is 2. The first-order valence-corrected chi connectivity index (χ1v) is 7.22. The quantitative estimate of drug-likeness (QED) is 0.543. The molecular formula is C16H12N4OS. The highest BCUT2D eigenvalue weighted by Gasteiger charge is 2.08. The van der Waals surface area contributed by atoms with Crippen molar-refractivity contribution in [3.05, 3.63) is 52.9 Å². The van der Waals surface area contributed by atoms with Crippen LogP contribution in [0.1, 0.15) is 5.56 Å². The van der Waals surface area contributed by atoms with Gasteiger partial charge < -0.3 is 9.40 Å². The highest BCUT2D eigenvalue weighted by atomic mass is 32.1. The maximum absolute atomic E-state index is 5.30. The topological polar surface area (TPSA) is 70.5 Å². The number of aryl methyl sites for hydroxylation is 1. The van der Waals surface area contributed by atoms with E-state index in [2.05, 4.69) is 39.2 Å². The minimum absolute atomic E-state index is 0.270. The molecule has 0 radical (unpaired) electrons. The highest BCUT2D eigenvalue weighted by Crippen LogP contribution is 2.24. The molecule has 0 aliphatic heterocycles. The van der Waals surface area contributed by atoms with Crippen LogP contribution in [0.5, 0.6) is 0 Å². The van der Waals surface area contributed by atoms with E-state index in [0.717, 1.165) is 28.0 Å². The van der Waals surface area contributed by atoms with Crippen molar-refractivity contribution in [3.8, 4) is 22.8 Å². The Balaban J connectivity index is 1.73. The third kappa shape index (κ3) is 2.23. The molecule has 0 saturated carbocycles. The SMILES string of the molecule is Cc1ccc2nc(-c3ccc(-c4n[nH]c(=S)o4)cc3)[nH]c2c1. The molecule has 5 nitrogen and oxygen atoms in total. The first kappa shape index (κ1) is 13.0. The molecule has 4 aromatic rings. The average molecular weight is 308 g/mol. The van der Waals surface area contributed by atoms with Gasteiger partial charge in [0.15, 0.2) is 0 Å².